The van der Waals surface area contributed by atoms with Gasteiger partial charge in [0, 0.05) is 5.41 Å². The van der Waals surface area contributed by atoms with E-state index in [0.29, 0.717) is 6.29 Å². The standard InChI is InChI=1S/C7H6O3S/c8-3-7-6-2-1-5(6)4-11(7,9)10/h3-4H,1-2H2. The molecule has 0 N–H and O–H groups in total. The van der Waals surface area contributed by atoms with Gasteiger partial charge < -0.3 is 0 Å². The molecule has 0 aromatic heterocycles. The number of carbonyl (C=O) groups excluding carboxylic acids is 1. The van der Waals surface area contributed by atoms with Crippen molar-refractivity contribution in [3.8, 4) is 0 Å². The summed E-state index contributed by atoms with van der Waals surface area (Å²) >= 11 is 0. The largest absolute Gasteiger partial charge is 0.297 e. The van der Waals surface area contributed by atoms with Gasteiger partial charge in [-0.1, -0.05) is 0 Å². The normalized spacial score (nSPS) is 25.6. The summed E-state index contributed by atoms with van der Waals surface area (Å²) in [5.74, 6) is 0. The molecule has 0 unspecified atom stereocenters. The van der Waals surface area contributed by atoms with Gasteiger partial charge in [-0.05, 0) is 24.0 Å². The monoisotopic (exact) mass is 170 g/mol. The van der Waals surface area contributed by atoms with Crippen molar-refractivity contribution in [3.63, 3.8) is 0 Å². The van der Waals surface area contributed by atoms with Gasteiger partial charge in [0.15, 0.2) is 6.29 Å². The van der Waals surface area contributed by atoms with Crippen LogP contribution in [0.2, 0.25) is 0 Å². The molecule has 2 aliphatic rings. The van der Waals surface area contributed by atoms with E-state index in [0.717, 1.165) is 24.0 Å². The molecule has 3 nitrogen and oxygen atoms in total. The Morgan fingerprint density at radius 3 is 2.36 bits per heavy atom. The summed E-state index contributed by atoms with van der Waals surface area (Å²) in [6.07, 6.45) is 1.97. The first-order valence-electron chi connectivity index (χ1n) is 3.29. The quantitative estimate of drug-likeness (QED) is 0.540. The smallest absolute Gasteiger partial charge is 0.203 e. The van der Waals surface area contributed by atoms with Gasteiger partial charge in [-0.15, -0.1) is 0 Å². The molecule has 0 aromatic rings. The zero-order chi connectivity index (χ0) is 8.06. The Balaban J connectivity index is 2.69. The van der Waals surface area contributed by atoms with Crippen LogP contribution in [0.15, 0.2) is 21.5 Å². The molecule has 1 heterocycles. The maximum absolute atomic E-state index is 11.1. The third kappa shape index (κ3) is 0.728. The van der Waals surface area contributed by atoms with Crippen LogP contribution in [0.1, 0.15) is 12.8 Å². The second-order valence-corrected chi connectivity index (χ2v) is 4.41. The number of sulfone groups is 1. The van der Waals surface area contributed by atoms with Gasteiger partial charge in [0.25, 0.3) is 0 Å². The number of allylic oxidation sites excluding steroid dienone is 3. The molecule has 11 heavy (non-hydrogen) atoms. The lowest BCUT2D eigenvalue weighted by Gasteiger charge is -2.16. The highest BCUT2D eigenvalue weighted by Crippen LogP contribution is 2.42. The van der Waals surface area contributed by atoms with E-state index >= 15 is 0 Å². The Morgan fingerprint density at radius 1 is 1.36 bits per heavy atom. The highest BCUT2D eigenvalue weighted by Gasteiger charge is 2.34. The zero-order valence-corrected chi connectivity index (χ0v) is 6.52. The van der Waals surface area contributed by atoms with Gasteiger partial charge in [-0.2, -0.15) is 0 Å². The molecule has 58 valence electrons. The van der Waals surface area contributed by atoms with Gasteiger partial charge in [-0.25, -0.2) is 8.42 Å². The topological polar surface area (TPSA) is 51.2 Å². The van der Waals surface area contributed by atoms with Gasteiger partial charge in [0.05, 0.1) is 0 Å². The van der Waals surface area contributed by atoms with Crippen LogP contribution in [0.3, 0.4) is 0 Å². The van der Waals surface area contributed by atoms with Crippen molar-refractivity contribution in [1.82, 2.24) is 0 Å². The van der Waals surface area contributed by atoms with Crippen molar-refractivity contribution in [2.24, 2.45) is 0 Å². The molecular formula is C7H6O3S. The van der Waals surface area contributed by atoms with Crippen molar-refractivity contribution in [1.29, 1.82) is 0 Å². The van der Waals surface area contributed by atoms with E-state index in [1.807, 2.05) is 0 Å². The molecule has 1 aliphatic carbocycles. The van der Waals surface area contributed by atoms with Gasteiger partial charge in [0.2, 0.25) is 9.84 Å². The van der Waals surface area contributed by atoms with Crippen LogP contribution in [0.4, 0.5) is 0 Å². The summed E-state index contributed by atoms with van der Waals surface area (Å²) in [4.78, 5) is 10.3. The molecular weight excluding hydrogens is 164 g/mol. The first kappa shape index (κ1) is 6.79. The number of aldehydes is 1. The number of hydrogen-bond donors (Lipinski definition) is 0. The lowest BCUT2D eigenvalue weighted by atomic mass is 9.87. The van der Waals surface area contributed by atoms with Gasteiger partial charge in [0.1, 0.15) is 4.91 Å². The molecule has 1 fully saturated rings. The van der Waals surface area contributed by atoms with Gasteiger partial charge >= 0.3 is 0 Å². The fourth-order valence-electron chi connectivity index (χ4n) is 1.37. The maximum Gasteiger partial charge on any atom is 0.203 e. The summed E-state index contributed by atoms with van der Waals surface area (Å²) in [7, 11) is -3.32. The minimum Gasteiger partial charge on any atom is -0.297 e. The van der Waals surface area contributed by atoms with Crippen LogP contribution in [0, 0.1) is 0 Å². The second kappa shape index (κ2) is 1.82. The molecule has 2 rings (SSSR count). The second-order valence-electron chi connectivity index (χ2n) is 2.65. The van der Waals surface area contributed by atoms with Crippen molar-refractivity contribution < 1.29 is 13.2 Å². The Kier molecular flexibility index (Phi) is 1.12. The SMILES string of the molecule is O=CC1=C2CCC2=CS1(=O)=O. The van der Waals surface area contributed by atoms with Crippen molar-refractivity contribution >= 4 is 16.1 Å². The zero-order valence-electron chi connectivity index (χ0n) is 5.70. The van der Waals surface area contributed by atoms with E-state index in [1.54, 1.807) is 0 Å². The molecule has 4 heteroatoms. The van der Waals surface area contributed by atoms with Crippen LogP contribution in [-0.4, -0.2) is 14.7 Å². The van der Waals surface area contributed by atoms with E-state index in [-0.39, 0.29) is 4.91 Å². The average molecular weight is 170 g/mol. The maximum atomic E-state index is 11.1. The average Bonchev–Trinajstić information content (AvgIpc) is 2.07. The summed E-state index contributed by atoms with van der Waals surface area (Å²) in [5, 5.41) is 1.20. The lowest BCUT2D eigenvalue weighted by molar-refractivity contribution is -0.104. The fourth-order valence-corrected chi connectivity index (χ4v) is 2.84. The molecule has 0 bridgehead atoms. The van der Waals surface area contributed by atoms with Crippen LogP contribution in [0.25, 0.3) is 0 Å². The molecule has 0 saturated heterocycles. The van der Waals surface area contributed by atoms with Crippen LogP contribution in [0.5, 0.6) is 0 Å². The highest BCUT2D eigenvalue weighted by atomic mass is 32.2. The Morgan fingerprint density at radius 2 is 2.09 bits per heavy atom. The fraction of sp³-hybridized carbons (Fsp3) is 0.286. The summed E-state index contributed by atoms with van der Waals surface area (Å²) in [6.45, 7) is 0. The van der Waals surface area contributed by atoms with E-state index in [9.17, 15) is 13.2 Å². The van der Waals surface area contributed by atoms with E-state index in [1.165, 1.54) is 5.41 Å². The summed E-state index contributed by atoms with van der Waals surface area (Å²) < 4.78 is 22.2. The van der Waals surface area contributed by atoms with E-state index in [2.05, 4.69) is 0 Å². The van der Waals surface area contributed by atoms with E-state index < -0.39 is 9.84 Å². The molecule has 1 saturated carbocycles. The predicted molar refractivity (Wildman–Crippen MR) is 39.3 cm³/mol. The number of hydrogen-bond acceptors (Lipinski definition) is 3. The lowest BCUT2D eigenvalue weighted by Crippen LogP contribution is -2.03. The van der Waals surface area contributed by atoms with Gasteiger partial charge in [-0.3, -0.25) is 4.79 Å². The third-order valence-corrected chi connectivity index (χ3v) is 3.59. The van der Waals surface area contributed by atoms with Crippen LogP contribution in [-0.2, 0) is 14.6 Å². The molecule has 0 amide bonds. The first-order valence-corrected chi connectivity index (χ1v) is 4.84. The minimum absolute atomic E-state index is 0.0150. The summed E-state index contributed by atoms with van der Waals surface area (Å²) in [6, 6.07) is 0. The van der Waals surface area contributed by atoms with Crippen molar-refractivity contribution in [3.05, 3.63) is 21.5 Å². The first-order chi connectivity index (χ1) is 5.15. The number of rotatable bonds is 1. The van der Waals surface area contributed by atoms with Crippen LogP contribution >= 0.6 is 0 Å². The van der Waals surface area contributed by atoms with Crippen LogP contribution < -0.4 is 0 Å². The molecule has 1 aliphatic heterocycles. The Hall–Kier alpha value is -0.900. The molecule has 0 aromatic carbocycles. The molecule has 0 spiro atoms. The van der Waals surface area contributed by atoms with E-state index in [4.69, 9.17) is 0 Å². The molecule has 0 atom stereocenters. The van der Waals surface area contributed by atoms with Crippen molar-refractivity contribution in [2.45, 2.75) is 12.8 Å². The Bertz CT molecular complexity index is 384. The van der Waals surface area contributed by atoms with Crippen molar-refractivity contribution in [2.75, 3.05) is 0 Å². The number of fused-ring (bicyclic) bond motifs is 1. The summed E-state index contributed by atoms with van der Waals surface area (Å²) in [5.41, 5.74) is 1.56. The minimum atomic E-state index is -3.32. The number of carbonyl (C=O) groups is 1. The molecule has 0 radical (unpaired) electrons. The predicted octanol–water partition coefficient (Wildman–Crippen LogP) is 0.545. The Labute approximate surface area is 64.3 Å². The third-order valence-electron chi connectivity index (χ3n) is 2.04. The highest BCUT2D eigenvalue weighted by molar-refractivity contribution is 7.99.